The number of carbonyl (C=O) groups is 2. The van der Waals surface area contributed by atoms with Gasteiger partial charge in [0.1, 0.15) is 5.82 Å². The predicted molar refractivity (Wildman–Crippen MR) is 108 cm³/mol. The van der Waals surface area contributed by atoms with Crippen LogP contribution in [-0.4, -0.2) is 22.0 Å². The maximum atomic E-state index is 13.2. The van der Waals surface area contributed by atoms with Crippen LogP contribution < -0.4 is 0 Å². The summed E-state index contributed by atoms with van der Waals surface area (Å²) in [5, 5.41) is 0.170. The lowest BCUT2D eigenvalue weighted by Gasteiger charge is -2.15. The second-order valence-corrected chi connectivity index (χ2v) is 8.58. The number of halogens is 1. The van der Waals surface area contributed by atoms with Crippen molar-refractivity contribution in [1.29, 1.82) is 0 Å². The predicted octanol–water partition coefficient (Wildman–Crippen LogP) is 4.86. The van der Waals surface area contributed by atoms with Crippen LogP contribution in [0.4, 0.5) is 4.39 Å². The van der Waals surface area contributed by atoms with Crippen molar-refractivity contribution in [1.82, 2.24) is 4.90 Å². The first-order chi connectivity index (χ1) is 12.8. The molecule has 0 saturated carbocycles. The monoisotopic (exact) mass is 383 g/mol. The van der Waals surface area contributed by atoms with Crippen LogP contribution in [0.3, 0.4) is 0 Å². The van der Waals surface area contributed by atoms with Gasteiger partial charge in [0, 0.05) is 5.25 Å². The maximum Gasteiger partial charge on any atom is 0.268 e. The average molecular weight is 383 g/mol. The molecule has 2 aromatic carbocycles. The van der Waals surface area contributed by atoms with Crippen LogP contribution in [-0.2, 0) is 16.1 Å². The van der Waals surface area contributed by atoms with Gasteiger partial charge in [0.2, 0.25) is 0 Å². The zero-order valence-electron chi connectivity index (χ0n) is 15.9. The number of aryl methyl sites for hydroxylation is 2. The lowest BCUT2D eigenvalue weighted by atomic mass is 10.0. The molecule has 0 radical (unpaired) electrons. The Morgan fingerprint density at radius 3 is 2.22 bits per heavy atom. The van der Waals surface area contributed by atoms with E-state index in [1.807, 2.05) is 45.9 Å². The SMILES string of the molecule is Cc1ccc(C2=C(SC(C)C)C(=O)N(Cc3ccc(F)cc3)C2=O)cc1C. The summed E-state index contributed by atoms with van der Waals surface area (Å²) in [6.07, 6.45) is 0. The first kappa shape index (κ1) is 19.4. The van der Waals surface area contributed by atoms with E-state index in [-0.39, 0.29) is 29.4 Å². The van der Waals surface area contributed by atoms with Gasteiger partial charge in [0.25, 0.3) is 11.8 Å². The maximum absolute atomic E-state index is 13.2. The topological polar surface area (TPSA) is 37.4 Å². The number of imide groups is 1. The lowest BCUT2D eigenvalue weighted by molar-refractivity contribution is -0.137. The van der Waals surface area contributed by atoms with Gasteiger partial charge < -0.3 is 0 Å². The minimum atomic E-state index is -0.345. The Hall–Kier alpha value is -2.40. The summed E-state index contributed by atoms with van der Waals surface area (Å²) >= 11 is 1.41. The van der Waals surface area contributed by atoms with E-state index in [1.54, 1.807) is 12.1 Å². The van der Waals surface area contributed by atoms with Gasteiger partial charge in [-0.1, -0.05) is 44.2 Å². The number of rotatable bonds is 5. The highest BCUT2D eigenvalue weighted by molar-refractivity contribution is 8.04. The molecule has 0 N–H and O–H groups in total. The van der Waals surface area contributed by atoms with Gasteiger partial charge in [-0.05, 0) is 48.2 Å². The normalized spacial score (nSPS) is 14.7. The van der Waals surface area contributed by atoms with E-state index in [4.69, 9.17) is 0 Å². The van der Waals surface area contributed by atoms with Crippen molar-refractivity contribution in [3.63, 3.8) is 0 Å². The van der Waals surface area contributed by atoms with Gasteiger partial charge in [-0.15, -0.1) is 11.8 Å². The molecule has 0 fully saturated rings. The van der Waals surface area contributed by atoms with Crippen LogP contribution in [0.5, 0.6) is 0 Å². The molecule has 2 aromatic rings. The van der Waals surface area contributed by atoms with Crippen LogP contribution in [0, 0.1) is 19.7 Å². The Labute approximate surface area is 163 Å². The first-order valence-electron chi connectivity index (χ1n) is 8.87. The molecule has 0 atom stereocenters. The Balaban J connectivity index is 2.00. The van der Waals surface area contributed by atoms with Crippen LogP contribution in [0.15, 0.2) is 47.4 Å². The fraction of sp³-hybridized carbons (Fsp3) is 0.273. The van der Waals surface area contributed by atoms with E-state index < -0.39 is 0 Å². The fourth-order valence-corrected chi connectivity index (χ4v) is 3.97. The van der Waals surface area contributed by atoms with Gasteiger partial charge in [-0.2, -0.15) is 0 Å². The Bertz CT molecular complexity index is 932. The second kappa shape index (κ2) is 7.69. The summed E-state index contributed by atoms with van der Waals surface area (Å²) < 4.78 is 13.2. The van der Waals surface area contributed by atoms with Crippen LogP contribution in [0.1, 0.15) is 36.1 Å². The molecule has 1 heterocycles. The highest BCUT2D eigenvalue weighted by Gasteiger charge is 2.39. The van der Waals surface area contributed by atoms with Crippen molar-refractivity contribution in [2.75, 3.05) is 0 Å². The van der Waals surface area contributed by atoms with Gasteiger partial charge in [-0.25, -0.2) is 4.39 Å². The third kappa shape index (κ3) is 3.98. The first-order valence-corrected chi connectivity index (χ1v) is 9.75. The van der Waals surface area contributed by atoms with Gasteiger partial charge in [-0.3, -0.25) is 14.5 Å². The quantitative estimate of drug-likeness (QED) is 0.692. The number of amides is 2. The molecule has 3 rings (SSSR count). The molecule has 3 nitrogen and oxygen atoms in total. The second-order valence-electron chi connectivity index (χ2n) is 6.99. The van der Waals surface area contributed by atoms with E-state index in [1.165, 1.54) is 28.8 Å². The molecule has 0 unspecified atom stereocenters. The zero-order valence-corrected chi connectivity index (χ0v) is 16.7. The molecule has 2 amide bonds. The van der Waals surface area contributed by atoms with Crippen LogP contribution >= 0.6 is 11.8 Å². The van der Waals surface area contributed by atoms with E-state index in [9.17, 15) is 14.0 Å². The molecule has 5 heteroatoms. The van der Waals surface area contributed by atoms with Gasteiger partial charge in [0.05, 0.1) is 17.0 Å². The number of carbonyl (C=O) groups excluding carboxylic acids is 2. The molecule has 0 saturated heterocycles. The van der Waals surface area contributed by atoms with Gasteiger partial charge in [0.15, 0.2) is 0 Å². The number of nitrogens with zero attached hydrogens (tertiary/aromatic N) is 1. The highest BCUT2D eigenvalue weighted by atomic mass is 32.2. The molecule has 0 aromatic heterocycles. The van der Waals surface area contributed by atoms with E-state index in [2.05, 4.69) is 0 Å². The molecule has 0 bridgehead atoms. The summed E-state index contributed by atoms with van der Waals surface area (Å²) in [6, 6.07) is 11.7. The summed E-state index contributed by atoms with van der Waals surface area (Å²) in [5.74, 6) is -0.921. The third-order valence-corrected chi connectivity index (χ3v) is 5.61. The van der Waals surface area contributed by atoms with Crippen molar-refractivity contribution in [2.45, 2.75) is 39.5 Å². The number of thioether (sulfide) groups is 1. The molecule has 27 heavy (non-hydrogen) atoms. The summed E-state index contributed by atoms with van der Waals surface area (Å²) in [5.41, 5.74) is 4.15. The van der Waals surface area contributed by atoms with Crippen molar-refractivity contribution < 1.29 is 14.0 Å². The van der Waals surface area contributed by atoms with E-state index in [0.29, 0.717) is 16.0 Å². The molecule has 0 aliphatic carbocycles. The van der Waals surface area contributed by atoms with Crippen molar-refractivity contribution in [2.24, 2.45) is 0 Å². The molecule has 140 valence electrons. The molecule has 1 aliphatic heterocycles. The molecular weight excluding hydrogens is 361 g/mol. The van der Waals surface area contributed by atoms with Crippen molar-refractivity contribution in [3.05, 3.63) is 75.4 Å². The van der Waals surface area contributed by atoms with E-state index in [0.717, 1.165) is 16.7 Å². The van der Waals surface area contributed by atoms with Crippen molar-refractivity contribution in [3.8, 4) is 0 Å². The summed E-state index contributed by atoms with van der Waals surface area (Å²) in [7, 11) is 0. The minimum Gasteiger partial charge on any atom is -0.269 e. The fourth-order valence-electron chi connectivity index (χ4n) is 2.97. The minimum absolute atomic E-state index is 0.133. The largest absolute Gasteiger partial charge is 0.269 e. The lowest BCUT2D eigenvalue weighted by Crippen LogP contribution is -2.31. The van der Waals surface area contributed by atoms with Crippen molar-refractivity contribution >= 4 is 29.1 Å². The third-order valence-electron chi connectivity index (χ3n) is 4.53. The van der Waals surface area contributed by atoms with E-state index >= 15 is 0 Å². The molecular formula is C22H22FNO2S. The highest BCUT2D eigenvalue weighted by Crippen LogP contribution is 2.38. The van der Waals surface area contributed by atoms with Crippen LogP contribution in [0.25, 0.3) is 5.57 Å². The Kier molecular flexibility index (Phi) is 5.51. The zero-order chi connectivity index (χ0) is 19.7. The summed E-state index contributed by atoms with van der Waals surface area (Å²) in [6.45, 7) is 8.13. The van der Waals surface area contributed by atoms with Crippen LogP contribution in [0.2, 0.25) is 0 Å². The Morgan fingerprint density at radius 1 is 0.963 bits per heavy atom. The number of hydrogen-bond acceptors (Lipinski definition) is 3. The smallest absolute Gasteiger partial charge is 0.268 e. The standard InChI is InChI=1S/C22H22FNO2S/c1-13(2)27-20-19(17-8-5-14(3)15(4)11-17)21(25)24(22(20)26)12-16-6-9-18(23)10-7-16/h5-11,13H,12H2,1-4H3. The molecule has 1 aliphatic rings. The summed E-state index contributed by atoms with van der Waals surface area (Å²) in [4.78, 5) is 27.9. The average Bonchev–Trinajstić information content (AvgIpc) is 2.83. The number of hydrogen-bond donors (Lipinski definition) is 0. The Morgan fingerprint density at radius 2 is 1.63 bits per heavy atom. The molecule has 0 spiro atoms. The van der Waals surface area contributed by atoms with Gasteiger partial charge >= 0.3 is 0 Å². The number of benzene rings is 2.